The van der Waals surface area contributed by atoms with Crippen molar-refractivity contribution in [3.05, 3.63) is 64.3 Å². The van der Waals surface area contributed by atoms with Crippen LogP contribution in [0.2, 0.25) is 5.02 Å². The van der Waals surface area contributed by atoms with Crippen LogP contribution < -0.4 is 4.74 Å². The maximum absolute atomic E-state index is 13.4. The van der Waals surface area contributed by atoms with E-state index in [9.17, 15) is 34.8 Å². The van der Waals surface area contributed by atoms with E-state index in [2.05, 4.69) is 0 Å². The van der Waals surface area contributed by atoms with Gasteiger partial charge in [0.2, 0.25) is 6.29 Å². The molecule has 0 bridgehead atoms. The summed E-state index contributed by atoms with van der Waals surface area (Å²) < 4.78 is 16.9. The summed E-state index contributed by atoms with van der Waals surface area (Å²) in [6, 6.07) is 11.3. The van der Waals surface area contributed by atoms with Gasteiger partial charge in [-0.25, -0.2) is 4.79 Å². The number of carboxylic acids is 1. The van der Waals surface area contributed by atoms with Crippen LogP contribution in [-0.4, -0.2) is 80.7 Å². The van der Waals surface area contributed by atoms with Crippen molar-refractivity contribution in [1.29, 1.82) is 0 Å². The van der Waals surface area contributed by atoms with Crippen molar-refractivity contribution >= 4 is 40.3 Å². The van der Waals surface area contributed by atoms with Crippen molar-refractivity contribution in [3.8, 4) is 5.75 Å². The Labute approximate surface area is 215 Å². The van der Waals surface area contributed by atoms with E-state index in [1.807, 2.05) is 0 Å². The van der Waals surface area contributed by atoms with Crippen LogP contribution in [0.15, 0.2) is 42.5 Å². The lowest BCUT2D eigenvalue weighted by atomic mass is 9.99. The first-order valence-electron chi connectivity index (χ1n) is 11.1. The second-order valence-corrected chi connectivity index (χ2v) is 8.93. The molecule has 12 heteroatoms. The third kappa shape index (κ3) is 5.04. The molecule has 0 aliphatic carbocycles. The monoisotopic (exact) mass is 533 g/mol. The zero-order valence-corrected chi connectivity index (χ0v) is 20.5. The minimum Gasteiger partial charge on any atom is -0.497 e. The van der Waals surface area contributed by atoms with Gasteiger partial charge in [0.25, 0.3) is 5.91 Å². The summed E-state index contributed by atoms with van der Waals surface area (Å²) in [7, 11) is 1.47. The molecule has 2 aromatic carbocycles. The summed E-state index contributed by atoms with van der Waals surface area (Å²) in [6.07, 6.45) is -9.87. The van der Waals surface area contributed by atoms with Gasteiger partial charge in [0, 0.05) is 21.7 Å². The Morgan fingerprint density at radius 1 is 1.03 bits per heavy atom. The van der Waals surface area contributed by atoms with Crippen LogP contribution in [-0.2, 0) is 25.5 Å². The Bertz CT molecular complexity index is 1350. The van der Waals surface area contributed by atoms with Crippen LogP contribution in [0.5, 0.6) is 5.75 Å². The topological polar surface area (TPSA) is 165 Å². The molecule has 4 rings (SSSR count). The van der Waals surface area contributed by atoms with Gasteiger partial charge in [0.15, 0.2) is 6.10 Å². The number of aliphatic hydroxyl groups is 3. The molecule has 196 valence electrons. The fraction of sp³-hybridized carbons (Fsp3) is 0.320. The van der Waals surface area contributed by atoms with Crippen LogP contribution in [0.25, 0.3) is 10.9 Å². The predicted molar refractivity (Wildman–Crippen MR) is 129 cm³/mol. The fourth-order valence-electron chi connectivity index (χ4n) is 4.26. The number of esters is 1. The number of methoxy groups -OCH3 is 1. The van der Waals surface area contributed by atoms with E-state index < -0.39 is 42.6 Å². The molecule has 0 amide bonds. The number of rotatable bonds is 6. The number of hydrogen-bond acceptors (Lipinski definition) is 9. The molecule has 1 aliphatic rings. The first kappa shape index (κ1) is 26.6. The highest BCUT2D eigenvalue weighted by atomic mass is 35.5. The van der Waals surface area contributed by atoms with Crippen molar-refractivity contribution in [2.45, 2.75) is 44.1 Å². The molecule has 1 fully saturated rings. The number of carbonyl (C=O) groups is 3. The SMILES string of the molecule is COc1ccc2c(c1)c(CC(=O)O[C@H]1OC(C(=O)O)[C@H](O)[C@@H](O)[C@H]1O)c(C)n2C(=O)c1ccc(Cl)cc1. The minimum absolute atomic E-state index is 0.361. The first-order valence-corrected chi connectivity index (χ1v) is 11.5. The Kier molecular flexibility index (Phi) is 7.53. The largest absolute Gasteiger partial charge is 0.497 e. The van der Waals surface area contributed by atoms with E-state index in [0.717, 1.165) is 0 Å². The van der Waals surface area contributed by atoms with Crippen molar-refractivity contribution in [2.75, 3.05) is 7.11 Å². The number of carboxylic acid groups (broad SMARTS) is 1. The Morgan fingerprint density at radius 2 is 1.70 bits per heavy atom. The van der Waals surface area contributed by atoms with Crippen LogP contribution in [0, 0.1) is 6.92 Å². The molecule has 0 radical (unpaired) electrons. The Hall–Kier alpha value is -3.48. The summed E-state index contributed by atoms with van der Waals surface area (Å²) >= 11 is 5.94. The zero-order chi connectivity index (χ0) is 27.0. The third-order valence-electron chi connectivity index (χ3n) is 6.22. The highest BCUT2D eigenvalue weighted by Gasteiger charge is 2.48. The molecule has 1 aliphatic heterocycles. The molecule has 3 aromatic rings. The van der Waals surface area contributed by atoms with Crippen LogP contribution >= 0.6 is 11.6 Å². The second-order valence-electron chi connectivity index (χ2n) is 8.50. The minimum atomic E-state index is -1.92. The average Bonchev–Trinajstić information content (AvgIpc) is 3.14. The second kappa shape index (κ2) is 10.5. The summed E-state index contributed by atoms with van der Waals surface area (Å²) in [5.74, 6) is -2.42. The lowest BCUT2D eigenvalue weighted by molar-refractivity contribution is -0.286. The van der Waals surface area contributed by atoms with Crippen molar-refractivity contribution in [2.24, 2.45) is 0 Å². The highest BCUT2D eigenvalue weighted by molar-refractivity contribution is 6.30. The number of carbonyl (C=O) groups excluding carboxylic acids is 2. The summed E-state index contributed by atoms with van der Waals surface area (Å²) in [5, 5.41) is 40.1. The van der Waals surface area contributed by atoms with Crippen LogP contribution in [0.3, 0.4) is 0 Å². The van der Waals surface area contributed by atoms with Gasteiger partial charge in [-0.1, -0.05) is 11.6 Å². The molecule has 11 nitrogen and oxygen atoms in total. The number of ether oxygens (including phenoxy) is 3. The zero-order valence-electron chi connectivity index (χ0n) is 19.7. The number of aromatic nitrogens is 1. The fourth-order valence-corrected chi connectivity index (χ4v) is 4.39. The molecule has 4 N–H and O–H groups in total. The number of halogens is 1. The lowest BCUT2D eigenvalue weighted by Gasteiger charge is -2.37. The first-order chi connectivity index (χ1) is 17.5. The van der Waals surface area contributed by atoms with Gasteiger partial charge in [-0.2, -0.15) is 0 Å². The number of benzene rings is 2. The average molecular weight is 534 g/mol. The summed E-state index contributed by atoms with van der Waals surface area (Å²) in [6.45, 7) is 1.65. The molecular weight excluding hydrogens is 510 g/mol. The van der Waals surface area contributed by atoms with E-state index in [-0.39, 0.29) is 12.3 Å². The van der Waals surface area contributed by atoms with Gasteiger partial charge in [0.1, 0.15) is 24.1 Å². The van der Waals surface area contributed by atoms with Gasteiger partial charge in [-0.05, 0) is 55.0 Å². The van der Waals surface area contributed by atoms with Crippen molar-refractivity contribution in [1.82, 2.24) is 4.57 Å². The van der Waals surface area contributed by atoms with Gasteiger partial charge >= 0.3 is 11.9 Å². The van der Waals surface area contributed by atoms with E-state index >= 15 is 0 Å². The normalized spacial score (nSPS) is 23.6. The number of aliphatic hydroxyl groups excluding tert-OH is 3. The summed E-state index contributed by atoms with van der Waals surface area (Å²) in [5.41, 5.74) is 1.71. The van der Waals surface area contributed by atoms with Gasteiger partial charge in [0.05, 0.1) is 19.0 Å². The summed E-state index contributed by atoms with van der Waals surface area (Å²) in [4.78, 5) is 37.6. The number of nitrogens with zero attached hydrogens (tertiary/aromatic N) is 1. The number of aliphatic carboxylic acids is 1. The number of hydrogen-bond donors (Lipinski definition) is 4. The third-order valence-corrected chi connectivity index (χ3v) is 6.47. The van der Waals surface area contributed by atoms with E-state index in [1.54, 1.807) is 49.4 Å². The quantitative estimate of drug-likeness (QED) is 0.339. The molecule has 1 saturated heterocycles. The Morgan fingerprint density at radius 3 is 2.32 bits per heavy atom. The highest BCUT2D eigenvalue weighted by Crippen LogP contribution is 2.31. The standard InChI is InChI=1S/C25H24ClNO10/c1-11-15(10-18(28)36-25-21(31)19(29)20(30)22(37-25)24(33)34)16-9-14(35-2)7-8-17(16)27(11)23(32)12-3-5-13(26)6-4-12/h3-9,19-22,25,29-31H,10H2,1-2H3,(H,33,34)/t19-,20-,21-,22?,25+/m1/s1. The van der Waals surface area contributed by atoms with E-state index in [4.69, 9.17) is 25.8 Å². The Balaban J connectivity index is 1.67. The van der Waals surface area contributed by atoms with Crippen molar-refractivity contribution in [3.63, 3.8) is 0 Å². The number of fused-ring (bicyclic) bond motifs is 1. The van der Waals surface area contributed by atoms with Crippen LogP contribution in [0.1, 0.15) is 21.6 Å². The van der Waals surface area contributed by atoms with Gasteiger partial charge in [-0.15, -0.1) is 0 Å². The maximum atomic E-state index is 13.4. The molecule has 37 heavy (non-hydrogen) atoms. The molecule has 1 aromatic heterocycles. The predicted octanol–water partition coefficient (Wildman–Crippen LogP) is 1.28. The van der Waals surface area contributed by atoms with E-state index in [1.165, 1.54) is 11.7 Å². The molecule has 1 unspecified atom stereocenters. The van der Waals surface area contributed by atoms with Crippen molar-refractivity contribution < 1.29 is 49.0 Å². The molecule has 0 spiro atoms. The molecular formula is C25H24ClNO10. The smallest absolute Gasteiger partial charge is 0.335 e. The van der Waals surface area contributed by atoms with Gasteiger partial charge in [-0.3, -0.25) is 14.2 Å². The van der Waals surface area contributed by atoms with Gasteiger partial charge < -0.3 is 34.6 Å². The molecule has 2 heterocycles. The molecule has 0 saturated carbocycles. The van der Waals surface area contributed by atoms with E-state index in [0.29, 0.717) is 38.5 Å². The molecule has 5 atom stereocenters. The maximum Gasteiger partial charge on any atom is 0.335 e. The van der Waals surface area contributed by atoms with Crippen LogP contribution in [0.4, 0.5) is 0 Å². The lowest BCUT2D eigenvalue weighted by Crippen LogP contribution is -2.60.